The van der Waals surface area contributed by atoms with Gasteiger partial charge in [-0.1, -0.05) is 18.2 Å². The predicted octanol–water partition coefficient (Wildman–Crippen LogP) is 1.61. The topological polar surface area (TPSA) is 78.9 Å². The van der Waals surface area contributed by atoms with Gasteiger partial charge in [0.25, 0.3) is 5.91 Å². The van der Waals surface area contributed by atoms with Crippen LogP contribution in [0.25, 0.3) is 0 Å². The van der Waals surface area contributed by atoms with E-state index in [0.29, 0.717) is 30.5 Å². The van der Waals surface area contributed by atoms with Gasteiger partial charge in [-0.2, -0.15) is 0 Å². The number of carboxylic acids is 1. The number of benzene rings is 1. The molecule has 0 radical (unpaired) electrons. The van der Waals surface area contributed by atoms with E-state index in [1.54, 1.807) is 18.2 Å². The molecule has 0 bridgehead atoms. The zero-order valence-corrected chi connectivity index (χ0v) is 14.2. The van der Waals surface area contributed by atoms with E-state index in [1.807, 2.05) is 11.0 Å². The van der Waals surface area contributed by atoms with Gasteiger partial charge in [-0.25, -0.2) is 0 Å². The number of nitrogens with zero attached hydrogens (tertiary/aromatic N) is 1. The summed E-state index contributed by atoms with van der Waals surface area (Å²) in [7, 11) is 0. The SMILES string of the molecule is O=C(O)C1c2ccccc2C(=O)N(CC2CCCO2)C12CCNCC2. The maximum atomic E-state index is 13.3. The first-order valence-corrected chi connectivity index (χ1v) is 9.09. The molecule has 3 aliphatic heterocycles. The fourth-order valence-corrected chi connectivity index (χ4v) is 4.77. The van der Waals surface area contributed by atoms with Crippen LogP contribution in [0.3, 0.4) is 0 Å². The molecule has 2 fully saturated rings. The number of piperidine rings is 1. The Morgan fingerprint density at radius 2 is 2.08 bits per heavy atom. The summed E-state index contributed by atoms with van der Waals surface area (Å²) in [6.07, 6.45) is 3.24. The van der Waals surface area contributed by atoms with E-state index in [4.69, 9.17) is 4.74 Å². The number of hydrogen-bond acceptors (Lipinski definition) is 4. The van der Waals surface area contributed by atoms with Gasteiger partial charge in [-0.3, -0.25) is 9.59 Å². The number of carboxylic acid groups (broad SMARTS) is 1. The molecule has 2 saturated heterocycles. The summed E-state index contributed by atoms with van der Waals surface area (Å²) in [5.74, 6) is -1.59. The van der Waals surface area contributed by atoms with Crippen LogP contribution in [0.4, 0.5) is 0 Å². The van der Waals surface area contributed by atoms with Crippen molar-refractivity contribution in [3.8, 4) is 0 Å². The summed E-state index contributed by atoms with van der Waals surface area (Å²) in [6.45, 7) is 2.65. The van der Waals surface area contributed by atoms with E-state index >= 15 is 0 Å². The van der Waals surface area contributed by atoms with E-state index in [0.717, 1.165) is 32.5 Å². The largest absolute Gasteiger partial charge is 0.481 e. The van der Waals surface area contributed by atoms with Gasteiger partial charge in [0.05, 0.1) is 11.6 Å². The Hall–Kier alpha value is -1.92. The molecule has 2 N–H and O–H groups in total. The van der Waals surface area contributed by atoms with Gasteiger partial charge < -0.3 is 20.1 Å². The highest BCUT2D eigenvalue weighted by Crippen LogP contribution is 2.46. The highest BCUT2D eigenvalue weighted by Gasteiger charge is 2.55. The second kappa shape index (κ2) is 6.42. The zero-order chi connectivity index (χ0) is 17.4. The molecule has 0 saturated carbocycles. The highest BCUT2D eigenvalue weighted by molar-refractivity contribution is 6.01. The summed E-state index contributed by atoms with van der Waals surface area (Å²) in [5.41, 5.74) is 0.511. The molecule has 0 aliphatic carbocycles. The normalized spacial score (nSPS) is 28.2. The van der Waals surface area contributed by atoms with Crippen LogP contribution in [-0.2, 0) is 9.53 Å². The first-order chi connectivity index (χ1) is 12.1. The van der Waals surface area contributed by atoms with Crippen LogP contribution in [0, 0.1) is 0 Å². The molecule has 0 aromatic heterocycles. The van der Waals surface area contributed by atoms with Crippen molar-refractivity contribution in [2.24, 2.45) is 0 Å². The third-order valence-electron chi connectivity index (χ3n) is 5.95. The molecule has 134 valence electrons. The molecular weight excluding hydrogens is 320 g/mol. The van der Waals surface area contributed by atoms with Crippen LogP contribution >= 0.6 is 0 Å². The maximum Gasteiger partial charge on any atom is 0.313 e. The van der Waals surface area contributed by atoms with Crippen molar-refractivity contribution in [3.05, 3.63) is 35.4 Å². The summed E-state index contributed by atoms with van der Waals surface area (Å²) in [5, 5.41) is 13.4. The van der Waals surface area contributed by atoms with E-state index in [1.165, 1.54) is 0 Å². The Kier molecular flexibility index (Phi) is 4.25. The average molecular weight is 344 g/mol. The number of fused-ring (bicyclic) bond motifs is 1. The fourth-order valence-electron chi connectivity index (χ4n) is 4.77. The number of rotatable bonds is 3. The molecule has 6 nitrogen and oxygen atoms in total. The lowest BCUT2D eigenvalue weighted by molar-refractivity contribution is -0.144. The maximum absolute atomic E-state index is 13.3. The van der Waals surface area contributed by atoms with Crippen LogP contribution in [0.2, 0.25) is 0 Å². The first kappa shape index (κ1) is 16.5. The minimum absolute atomic E-state index is 0.00965. The molecular formula is C19H24N2O4. The molecule has 2 unspecified atom stereocenters. The lowest BCUT2D eigenvalue weighted by Crippen LogP contribution is -2.65. The molecule has 4 rings (SSSR count). The number of amides is 1. The fraction of sp³-hybridized carbons (Fsp3) is 0.579. The predicted molar refractivity (Wildman–Crippen MR) is 91.7 cm³/mol. The van der Waals surface area contributed by atoms with Gasteiger partial charge in [0.15, 0.2) is 0 Å². The number of carbonyl (C=O) groups is 2. The second-order valence-corrected chi connectivity index (χ2v) is 7.26. The first-order valence-electron chi connectivity index (χ1n) is 9.09. The van der Waals surface area contributed by atoms with Crippen molar-refractivity contribution in [2.45, 2.75) is 43.2 Å². The molecule has 2 atom stereocenters. The van der Waals surface area contributed by atoms with Crippen molar-refractivity contribution < 1.29 is 19.4 Å². The van der Waals surface area contributed by atoms with Crippen LogP contribution in [0.15, 0.2) is 24.3 Å². The summed E-state index contributed by atoms with van der Waals surface area (Å²) in [4.78, 5) is 27.4. The van der Waals surface area contributed by atoms with Crippen molar-refractivity contribution in [1.29, 1.82) is 0 Å². The third kappa shape index (κ3) is 2.64. The van der Waals surface area contributed by atoms with Crippen molar-refractivity contribution in [1.82, 2.24) is 10.2 Å². The summed E-state index contributed by atoms with van der Waals surface area (Å²) >= 11 is 0. The molecule has 1 amide bonds. The molecule has 3 aliphatic rings. The number of nitrogens with one attached hydrogen (secondary N) is 1. The smallest absolute Gasteiger partial charge is 0.313 e. The lowest BCUT2D eigenvalue weighted by atomic mass is 9.68. The van der Waals surface area contributed by atoms with Crippen LogP contribution < -0.4 is 5.32 Å². The van der Waals surface area contributed by atoms with Crippen molar-refractivity contribution in [2.75, 3.05) is 26.2 Å². The third-order valence-corrected chi connectivity index (χ3v) is 5.95. The molecule has 1 aromatic carbocycles. The minimum Gasteiger partial charge on any atom is -0.481 e. The number of ether oxygens (including phenoxy) is 1. The number of hydrogen-bond donors (Lipinski definition) is 2. The van der Waals surface area contributed by atoms with E-state index in [9.17, 15) is 14.7 Å². The zero-order valence-electron chi connectivity index (χ0n) is 14.2. The average Bonchev–Trinajstić information content (AvgIpc) is 3.13. The van der Waals surface area contributed by atoms with E-state index < -0.39 is 17.4 Å². The van der Waals surface area contributed by atoms with Crippen LogP contribution in [0.5, 0.6) is 0 Å². The number of aliphatic carboxylic acids is 1. The Bertz CT molecular complexity index is 678. The van der Waals surface area contributed by atoms with Crippen molar-refractivity contribution >= 4 is 11.9 Å². The Balaban J connectivity index is 1.82. The van der Waals surface area contributed by atoms with Crippen molar-refractivity contribution in [3.63, 3.8) is 0 Å². The highest BCUT2D eigenvalue weighted by atomic mass is 16.5. The Labute approximate surface area is 147 Å². The molecule has 1 aromatic rings. The van der Waals surface area contributed by atoms with Gasteiger partial charge in [-0.15, -0.1) is 0 Å². The molecule has 25 heavy (non-hydrogen) atoms. The Morgan fingerprint density at radius 3 is 2.76 bits per heavy atom. The van der Waals surface area contributed by atoms with Crippen LogP contribution in [0.1, 0.15) is 47.5 Å². The standard InChI is InChI=1S/C19H24N2O4/c22-17-15-6-2-1-5-14(15)16(18(23)24)19(7-9-20-10-8-19)21(17)12-13-4-3-11-25-13/h1-2,5-6,13,16,20H,3-4,7-12H2,(H,23,24). The minimum atomic E-state index is -0.848. The van der Waals surface area contributed by atoms with Gasteiger partial charge in [-0.05, 0) is 50.4 Å². The van der Waals surface area contributed by atoms with Gasteiger partial charge in [0.2, 0.25) is 0 Å². The molecule has 3 heterocycles. The Morgan fingerprint density at radius 1 is 1.32 bits per heavy atom. The molecule has 6 heteroatoms. The lowest BCUT2D eigenvalue weighted by Gasteiger charge is -2.53. The summed E-state index contributed by atoms with van der Waals surface area (Å²) in [6, 6.07) is 7.19. The van der Waals surface area contributed by atoms with Gasteiger partial charge in [0, 0.05) is 18.7 Å². The number of carbonyl (C=O) groups excluding carboxylic acids is 1. The quantitative estimate of drug-likeness (QED) is 0.871. The monoisotopic (exact) mass is 344 g/mol. The van der Waals surface area contributed by atoms with E-state index in [-0.39, 0.29) is 12.0 Å². The molecule has 1 spiro atoms. The van der Waals surface area contributed by atoms with Gasteiger partial charge in [0.1, 0.15) is 5.92 Å². The summed E-state index contributed by atoms with van der Waals surface area (Å²) < 4.78 is 5.76. The van der Waals surface area contributed by atoms with Gasteiger partial charge >= 0.3 is 5.97 Å². The van der Waals surface area contributed by atoms with Crippen LogP contribution in [-0.4, -0.2) is 59.8 Å². The van der Waals surface area contributed by atoms with E-state index in [2.05, 4.69) is 5.32 Å². The second-order valence-electron chi connectivity index (χ2n) is 7.26.